The summed E-state index contributed by atoms with van der Waals surface area (Å²) in [6.07, 6.45) is -2.11. The van der Waals surface area contributed by atoms with E-state index in [1.807, 2.05) is 6.26 Å². The predicted octanol–water partition coefficient (Wildman–Crippen LogP) is -5.25. The normalized spacial score (nSPS) is 15.9. The maximum absolute atomic E-state index is 14.9. The number of carbonyl (C=O) groups excluding carboxylic acids is 17. The number of amides is 17. The van der Waals surface area contributed by atoms with E-state index in [1.54, 1.807) is 102 Å². The van der Waals surface area contributed by atoms with Crippen molar-refractivity contribution in [1.82, 2.24) is 95.0 Å². The van der Waals surface area contributed by atoms with Gasteiger partial charge in [0.15, 0.2) is 0 Å². The number of hydrogen-bond donors (Lipinski definition) is 26. The van der Waals surface area contributed by atoms with Gasteiger partial charge >= 0.3 is 23.9 Å². The van der Waals surface area contributed by atoms with Crippen LogP contribution in [0.1, 0.15) is 144 Å². The highest BCUT2D eigenvalue weighted by Crippen LogP contribution is 2.22. The van der Waals surface area contributed by atoms with E-state index in [4.69, 9.17) is 5.73 Å². The number of aliphatic hydroxyl groups is 2. The van der Waals surface area contributed by atoms with Crippen LogP contribution in [0.3, 0.4) is 0 Å². The Balaban J connectivity index is 1.52. The molecule has 1 fully saturated rings. The number of carboxylic acid groups (broad SMARTS) is 4. The summed E-state index contributed by atoms with van der Waals surface area (Å²) in [7, 11) is 0. The Bertz CT molecular complexity index is 4590. The SMILES string of the molecule is CC[C@H](C)[C@H](NC(=O)[C@H](CS)NC(=O)[C@H](Cc1ccccc1)NC(=O)[C@H](Cc1c[nH]c2ccccc12)NC(=O)CNC(=O)[C@H](CCC(=O)O)NC(=O)[C@@H]1CCCN1C(=O)CNC(=O)[C@H](CCC(=O)O)NC(=O)[C@H](CC(C)C)NC(=O)[C@H](CS)NC(=O)[C@H](CC(C)C)NC(=O)[C@@H](NC(=O)CNC(=O)[C@@H](N)CCSC)[C@@H](C)O)C(=O)N[C@@H](CCC(=O)O)C(=O)N[C@@H](CO)C(=O)N[C@@H](C)C(=O)O. The molecule has 2 heterocycles. The number of hydrogen-bond acceptors (Lipinski definition) is 27. The zero-order valence-corrected chi connectivity index (χ0v) is 78.5. The van der Waals surface area contributed by atoms with Gasteiger partial charge in [-0.1, -0.05) is 96.5 Å². The molecule has 4 rings (SSSR count). The van der Waals surface area contributed by atoms with E-state index in [0.717, 1.165) is 11.8 Å². The Labute approximate surface area is 788 Å². The highest BCUT2D eigenvalue weighted by molar-refractivity contribution is 7.98. The highest BCUT2D eigenvalue weighted by Gasteiger charge is 2.41. The molecule has 17 atom stereocenters. The van der Waals surface area contributed by atoms with Crippen molar-refractivity contribution >= 4 is 172 Å². The summed E-state index contributed by atoms with van der Waals surface area (Å²) in [5.41, 5.74) is 7.42. The Kier molecular flexibility index (Phi) is 49.4. The molecule has 49 heteroatoms. The molecule has 1 aliphatic heterocycles. The lowest BCUT2D eigenvalue weighted by atomic mass is 9.97. The number of aliphatic carboxylic acids is 4. The number of nitrogens with zero attached hydrogens (tertiary/aromatic N) is 1. The van der Waals surface area contributed by atoms with Crippen molar-refractivity contribution in [1.29, 1.82) is 0 Å². The predicted molar refractivity (Wildman–Crippen MR) is 491 cm³/mol. The zero-order valence-electron chi connectivity index (χ0n) is 75.9. The van der Waals surface area contributed by atoms with Crippen LogP contribution in [-0.4, -0.2) is 318 Å². The number of para-hydroxylation sites is 1. The minimum Gasteiger partial charge on any atom is -0.481 e. The van der Waals surface area contributed by atoms with Gasteiger partial charge in [-0.2, -0.15) is 37.0 Å². The van der Waals surface area contributed by atoms with Crippen molar-refractivity contribution in [3.05, 3.63) is 71.9 Å². The number of aromatic amines is 1. The van der Waals surface area contributed by atoms with Crippen molar-refractivity contribution in [3.8, 4) is 0 Å². The monoisotopic (exact) mass is 1940 g/mol. The first-order chi connectivity index (χ1) is 63.3. The second-order valence-corrected chi connectivity index (χ2v) is 34.8. The lowest BCUT2D eigenvalue weighted by Gasteiger charge is -2.29. The first-order valence-corrected chi connectivity index (χ1v) is 46.2. The van der Waals surface area contributed by atoms with Crippen LogP contribution >= 0.6 is 37.0 Å². The smallest absolute Gasteiger partial charge is 0.325 e. The summed E-state index contributed by atoms with van der Waals surface area (Å²) in [5, 5.41) is 98.1. The molecule has 17 amide bonds. The van der Waals surface area contributed by atoms with Crippen LogP contribution in [0, 0.1) is 17.8 Å². The third-order valence-corrected chi connectivity index (χ3v) is 22.7. The van der Waals surface area contributed by atoms with Gasteiger partial charge in [-0.05, 0) is 112 Å². The number of nitrogens with two attached hydrogens (primary N) is 1. The maximum Gasteiger partial charge on any atom is 0.325 e. The van der Waals surface area contributed by atoms with Gasteiger partial charge in [-0.3, -0.25) is 101 Å². The lowest BCUT2D eigenvalue weighted by molar-refractivity contribution is -0.142. The first kappa shape index (κ1) is 114. The molecule has 1 saturated heterocycles. The third-order valence-electron chi connectivity index (χ3n) is 21.3. The summed E-state index contributed by atoms with van der Waals surface area (Å²) >= 11 is 10.0. The molecule has 0 spiro atoms. The van der Waals surface area contributed by atoms with Gasteiger partial charge in [-0.15, -0.1) is 0 Å². The molecule has 134 heavy (non-hydrogen) atoms. The quantitative estimate of drug-likeness (QED) is 0.0235. The standard InChI is InChI=1S/C85H127N19O27S3/c1-10-44(6)69(83(128)95-54(24-27-68(114)115)74(119)99-59(39-105)79(124)91-45(7)85(130)131)103-81(126)61(41-133)101-77(122)57(33-47-17-12-11-13-18-47)97-78(123)58(34-48-35-87-51-20-15-14-19-49(48)51)92-63(107)36-89-72(117)53(23-26-67(112)113)94-82(127)62-21-16-29-104(62)65(109)38-90-73(118)52(22-25-66(110)111)93-75(120)55(31-42(2)3)96-80(125)60(40-132)100-76(121)56(32-43(4)5)98-84(129)70(46(8)106)102-64(108)37-88-71(116)50(86)28-30-134-9/h11-15,17-20,35,42-46,50,52-62,69-70,87,105-106,132-133H,10,16,21-34,36-41,86H2,1-9H3,(H,88,116)(H,89,117)(H,90,118)(H,91,124)(H,92,107)(H,93,120)(H,94,127)(H,95,128)(H,96,125)(H,97,123)(H,98,129)(H,99,119)(H,100,121)(H,101,122)(H,102,108)(H,103,126)(H,110,111)(H,112,113)(H,114,115)(H,130,131)/t44-,45-,46+,50-,52-,53-,54-,55-,56-,57-,58-,59-,60-,61-,62-,69-,70-/m0/s1. The van der Waals surface area contributed by atoms with Crippen LogP contribution in [0.4, 0.5) is 0 Å². The van der Waals surface area contributed by atoms with E-state index in [2.05, 4.69) is 115 Å². The number of aliphatic hydroxyl groups excluding tert-OH is 2. The minimum atomic E-state index is -1.77. The number of thiol groups is 2. The van der Waals surface area contributed by atoms with Crippen LogP contribution in [0.25, 0.3) is 10.9 Å². The number of nitrogens with one attached hydrogen (secondary N) is 17. The summed E-state index contributed by atoms with van der Waals surface area (Å²) in [6.45, 7) is 8.71. The summed E-state index contributed by atoms with van der Waals surface area (Å²) < 4.78 is 0. The third kappa shape index (κ3) is 39.1. The van der Waals surface area contributed by atoms with Crippen LogP contribution in [0.15, 0.2) is 60.8 Å². The van der Waals surface area contributed by atoms with Gasteiger partial charge in [0.2, 0.25) is 100 Å². The van der Waals surface area contributed by atoms with Gasteiger partial charge in [0.1, 0.15) is 84.6 Å². The fourth-order valence-corrected chi connectivity index (χ4v) is 14.7. The molecule has 0 aliphatic carbocycles. The number of aromatic nitrogens is 1. The number of rotatable bonds is 60. The van der Waals surface area contributed by atoms with Crippen LogP contribution in [0.2, 0.25) is 0 Å². The molecular weight excluding hydrogens is 1820 g/mol. The average molecular weight is 1940 g/mol. The number of benzene rings is 2. The molecule has 742 valence electrons. The number of thioether (sulfide) groups is 1. The topological polar surface area (TPSA) is 717 Å². The van der Waals surface area contributed by atoms with Crippen molar-refractivity contribution in [2.24, 2.45) is 23.5 Å². The largest absolute Gasteiger partial charge is 0.481 e. The van der Waals surface area contributed by atoms with Crippen LogP contribution in [-0.2, 0) is 114 Å². The number of carbonyl (C=O) groups is 21. The Morgan fingerprint density at radius 3 is 1.41 bits per heavy atom. The van der Waals surface area contributed by atoms with Crippen LogP contribution in [0.5, 0.6) is 0 Å². The molecule has 3 aromatic rings. The minimum absolute atomic E-state index is 0.0385. The van der Waals surface area contributed by atoms with E-state index in [9.17, 15) is 131 Å². The molecule has 1 aromatic heterocycles. The van der Waals surface area contributed by atoms with Gasteiger partial charge in [0, 0.05) is 67.3 Å². The molecule has 1 aliphatic rings. The van der Waals surface area contributed by atoms with Gasteiger partial charge in [0.05, 0.1) is 38.4 Å². The van der Waals surface area contributed by atoms with Crippen molar-refractivity contribution in [2.75, 3.05) is 56.3 Å². The maximum atomic E-state index is 14.9. The summed E-state index contributed by atoms with van der Waals surface area (Å²) in [5.74, 6) is -24.3. The first-order valence-electron chi connectivity index (χ1n) is 43.5. The second-order valence-electron chi connectivity index (χ2n) is 33.0. The molecule has 0 unspecified atom stereocenters. The van der Waals surface area contributed by atoms with Gasteiger partial charge in [-0.25, -0.2) is 0 Å². The van der Waals surface area contributed by atoms with Gasteiger partial charge < -0.3 is 131 Å². The second kappa shape index (κ2) is 58.0. The molecule has 2 aromatic carbocycles. The van der Waals surface area contributed by atoms with Crippen LogP contribution < -0.4 is 90.8 Å². The Hall–Kier alpha value is -12.2. The molecule has 25 N–H and O–H groups in total. The molecular formula is C85H127N19O27S3. The number of H-pyrrole nitrogens is 1. The number of carboxylic acids is 4. The fourth-order valence-electron chi connectivity index (χ4n) is 13.7. The lowest BCUT2D eigenvalue weighted by Crippen LogP contribution is -2.61. The molecule has 0 radical (unpaired) electrons. The number of likely N-dealkylation sites (tertiary alicyclic amines) is 1. The van der Waals surface area contributed by atoms with E-state index in [0.29, 0.717) is 34.2 Å². The van der Waals surface area contributed by atoms with E-state index >= 15 is 0 Å². The van der Waals surface area contributed by atoms with Crippen molar-refractivity contribution < 1.29 is 131 Å². The molecule has 46 nitrogen and oxygen atoms in total. The number of fused-ring (bicyclic) bond motifs is 1. The van der Waals surface area contributed by atoms with E-state index in [-0.39, 0.29) is 63.3 Å². The van der Waals surface area contributed by atoms with Gasteiger partial charge in [0.25, 0.3) is 0 Å². The van der Waals surface area contributed by atoms with Crippen molar-refractivity contribution in [3.63, 3.8) is 0 Å². The zero-order chi connectivity index (χ0) is 100. The van der Waals surface area contributed by atoms with Crippen molar-refractivity contribution in [2.45, 2.75) is 242 Å². The van der Waals surface area contributed by atoms with E-state index < -0.39 is 303 Å². The van der Waals surface area contributed by atoms with E-state index in [1.165, 1.54) is 18.7 Å². The highest BCUT2D eigenvalue weighted by atomic mass is 32.2. The summed E-state index contributed by atoms with van der Waals surface area (Å²) in [6, 6.07) is -7.97. The Morgan fingerprint density at radius 2 is 0.896 bits per heavy atom. The molecule has 0 bridgehead atoms. The fraction of sp³-hybridized carbons (Fsp3) is 0.588. The summed E-state index contributed by atoms with van der Waals surface area (Å²) in [4.78, 5) is 288. The molecule has 0 saturated carbocycles. The Morgan fingerprint density at radius 1 is 0.470 bits per heavy atom. The average Bonchev–Trinajstić information content (AvgIpc) is 1.66.